The van der Waals surface area contributed by atoms with Crippen LogP contribution >= 0.6 is 0 Å². The van der Waals surface area contributed by atoms with Crippen molar-refractivity contribution in [1.82, 2.24) is 30.2 Å². The van der Waals surface area contributed by atoms with Crippen LogP contribution < -0.4 is 20.0 Å². The second kappa shape index (κ2) is 13.9. The Labute approximate surface area is 303 Å². The number of rotatable bonds is 10. The number of benzene rings is 1. The lowest BCUT2D eigenvalue weighted by Gasteiger charge is -2.61. The molecular weight excluding hydrogens is 660 g/mol. The van der Waals surface area contributed by atoms with Crippen LogP contribution in [-0.2, 0) is 4.79 Å². The highest BCUT2D eigenvalue weighted by atomic mass is 16.5. The zero-order valence-electron chi connectivity index (χ0n) is 30.1. The summed E-state index contributed by atoms with van der Waals surface area (Å²) in [6, 6.07) is 11.6. The third kappa shape index (κ3) is 6.48. The number of carboxylic acids is 1. The number of likely N-dealkylation sites (tertiary alicyclic amines) is 1. The number of nitrogens with one attached hydrogen (secondary N) is 1. The summed E-state index contributed by atoms with van der Waals surface area (Å²) in [6.07, 6.45) is 8.73. The molecule has 14 nitrogen and oxygen atoms in total. The van der Waals surface area contributed by atoms with E-state index in [4.69, 9.17) is 14.5 Å². The van der Waals surface area contributed by atoms with Gasteiger partial charge in [0, 0.05) is 81.8 Å². The normalized spacial score (nSPS) is 20.2. The van der Waals surface area contributed by atoms with E-state index in [2.05, 4.69) is 40.3 Å². The van der Waals surface area contributed by atoms with Crippen LogP contribution in [0.1, 0.15) is 62.7 Å². The highest BCUT2D eigenvalue weighted by Gasteiger charge is 2.54. The molecule has 4 aliphatic rings. The predicted molar refractivity (Wildman–Crippen MR) is 198 cm³/mol. The van der Waals surface area contributed by atoms with Gasteiger partial charge in [-0.25, -0.2) is 9.97 Å². The van der Waals surface area contributed by atoms with Gasteiger partial charge in [-0.05, 0) is 74.4 Å². The van der Waals surface area contributed by atoms with Gasteiger partial charge in [0.1, 0.15) is 11.7 Å². The molecular formula is C38H48N10O4. The first kappa shape index (κ1) is 34.1. The van der Waals surface area contributed by atoms with Crippen LogP contribution in [0.2, 0.25) is 0 Å². The minimum atomic E-state index is -0.871. The van der Waals surface area contributed by atoms with E-state index in [9.17, 15) is 15.0 Å². The molecule has 1 unspecified atom stereocenters. The standard InChI is InChI=1S/C38H48N10O4/c1-24(2)34(36(50)51)32-17-33(44-52-32)48-22-38(23-48)18-27(19-38)45-10-8-25(9-11-45)26-20-40-37(41-21-26)47-14-12-46(13-15-47)30-16-29(42-43-35(30)39-3)28-6-4-5-7-31(28)49/h4-7,16-17,20-21,24-25,27,34,49H,8-15,18-19,22-23H2,1-3H3,(H,39,43)(H,50,51). The van der Waals surface area contributed by atoms with Crippen LogP contribution in [0.3, 0.4) is 0 Å². The molecule has 1 saturated carbocycles. The van der Waals surface area contributed by atoms with Crippen molar-refractivity contribution in [1.29, 1.82) is 0 Å². The molecule has 0 amide bonds. The number of aromatic hydroxyl groups is 1. The van der Waals surface area contributed by atoms with Crippen molar-refractivity contribution in [2.24, 2.45) is 11.3 Å². The van der Waals surface area contributed by atoms with Gasteiger partial charge in [0.05, 0.1) is 11.4 Å². The van der Waals surface area contributed by atoms with E-state index in [-0.39, 0.29) is 11.7 Å². The summed E-state index contributed by atoms with van der Waals surface area (Å²) in [5.74, 6) is 1.75. The van der Waals surface area contributed by atoms with Crippen LogP contribution in [0.15, 0.2) is 53.3 Å². The maximum atomic E-state index is 11.7. The second-order valence-electron chi connectivity index (χ2n) is 15.4. The van der Waals surface area contributed by atoms with Crippen molar-refractivity contribution < 1.29 is 19.5 Å². The van der Waals surface area contributed by atoms with Gasteiger partial charge >= 0.3 is 5.97 Å². The minimum absolute atomic E-state index is 0.0602. The zero-order valence-corrected chi connectivity index (χ0v) is 30.1. The van der Waals surface area contributed by atoms with Crippen LogP contribution in [0.4, 0.5) is 23.3 Å². The first-order valence-electron chi connectivity index (χ1n) is 18.5. The molecule has 4 fully saturated rings. The molecule has 52 heavy (non-hydrogen) atoms. The van der Waals surface area contributed by atoms with Crippen molar-refractivity contribution in [2.45, 2.75) is 57.4 Å². The van der Waals surface area contributed by atoms with Crippen molar-refractivity contribution in [2.75, 3.05) is 79.4 Å². The highest BCUT2D eigenvalue weighted by molar-refractivity contribution is 5.76. The molecule has 4 aromatic rings. The predicted octanol–water partition coefficient (Wildman–Crippen LogP) is 4.67. The first-order chi connectivity index (χ1) is 25.2. The van der Waals surface area contributed by atoms with Gasteiger partial charge in [0.15, 0.2) is 17.4 Å². The number of hydrogen-bond donors (Lipinski definition) is 3. The van der Waals surface area contributed by atoms with Gasteiger partial charge in [0.25, 0.3) is 0 Å². The van der Waals surface area contributed by atoms with E-state index >= 15 is 0 Å². The number of aromatic nitrogens is 5. The van der Waals surface area contributed by atoms with Crippen LogP contribution in [-0.4, -0.2) is 112 Å². The van der Waals surface area contributed by atoms with Gasteiger partial charge in [0.2, 0.25) is 5.95 Å². The van der Waals surface area contributed by atoms with Crippen molar-refractivity contribution in [3.05, 3.63) is 60.1 Å². The van der Waals surface area contributed by atoms with Gasteiger partial charge in [-0.2, -0.15) is 0 Å². The maximum Gasteiger partial charge on any atom is 0.314 e. The molecule has 14 heteroatoms. The molecule has 0 bridgehead atoms. The third-order valence-electron chi connectivity index (χ3n) is 11.7. The SMILES string of the molecule is CNc1nnc(-c2ccccc2O)cc1N1CCN(c2ncc(C3CCN(C4CC5(C4)CN(c4cc(C(C(=O)O)C(C)C)on4)C5)CC3)cn2)CC1. The molecule has 1 atom stereocenters. The van der Waals surface area contributed by atoms with E-state index in [0.717, 1.165) is 82.7 Å². The Morgan fingerprint density at radius 1 is 0.942 bits per heavy atom. The summed E-state index contributed by atoms with van der Waals surface area (Å²) in [5, 5.41) is 36.1. The number of phenols is 1. The fourth-order valence-electron chi connectivity index (χ4n) is 8.77. The van der Waals surface area contributed by atoms with E-state index < -0.39 is 11.9 Å². The highest BCUT2D eigenvalue weighted by Crippen LogP contribution is 2.52. The summed E-state index contributed by atoms with van der Waals surface area (Å²) in [7, 11) is 1.85. The number of phenolic OH excluding ortho intramolecular Hbond substituents is 1. The Morgan fingerprint density at radius 3 is 2.29 bits per heavy atom. The summed E-state index contributed by atoms with van der Waals surface area (Å²) in [5.41, 5.74) is 3.84. The number of nitrogens with zero attached hydrogens (tertiary/aromatic N) is 9. The van der Waals surface area contributed by atoms with Crippen molar-refractivity contribution in [3.8, 4) is 17.0 Å². The summed E-state index contributed by atoms with van der Waals surface area (Å²) in [6.45, 7) is 11.1. The van der Waals surface area contributed by atoms with Gasteiger partial charge in [-0.1, -0.05) is 31.1 Å². The smallest absolute Gasteiger partial charge is 0.314 e. The minimum Gasteiger partial charge on any atom is -0.507 e. The van der Waals surface area contributed by atoms with Crippen molar-refractivity contribution >= 4 is 29.2 Å². The zero-order chi connectivity index (χ0) is 36.0. The second-order valence-corrected chi connectivity index (χ2v) is 15.4. The molecule has 274 valence electrons. The Balaban J connectivity index is 0.797. The van der Waals surface area contributed by atoms with Gasteiger partial charge in [-0.3, -0.25) is 4.79 Å². The summed E-state index contributed by atoms with van der Waals surface area (Å²) < 4.78 is 5.47. The maximum absolute atomic E-state index is 11.7. The molecule has 1 aliphatic carbocycles. The number of piperazine rings is 1. The van der Waals surface area contributed by atoms with E-state index in [1.165, 1.54) is 18.4 Å². The number of para-hydroxylation sites is 1. The van der Waals surface area contributed by atoms with Gasteiger partial charge in [-0.15, -0.1) is 10.2 Å². The molecule has 3 aromatic heterocycles. The van der Waals surface area contributed by atoms with Crippen LogP contribution in [0.5, 0.6) is 5.75 Å². The monoisotopic (exact) mass is 708 g/mol. The Morgan fingerprint density at radius 2 is 1.63 bits per heavy atom. The van der Waals surface area contributed by atoms with E-state index in [1.807, 2.05) is 57.6 Å². The summed E-state index contributed by atoms with van der Waals surface area (Å²) in [4.78, 5) is 30.8. The number of carbonyl (C=O) groups is 1. The molecule has 8 rings (SSSR count). The fourth-order valence-corrected chi connectivity index (χ4v) is 8.77. The quantitative estimate of drug-likeness (QED) is 0.209. The summed E-state index contributed by atoms with van der Waals surface area (Å²) >= 11 is 0. The average Bonchev–Trinajstić information content (AvgIpc) is 3.59. The average molecular weight is 709 g/mol. The van der Waals surface area contributed by atoms with Crippen LogP contribution in [0.25, 0.3) is 11.3 Å². The lowest BCUT2D eigenvalue weighted by molar-refractivity contribution is -0.140. The first-order valence-corrected chi connectivity index (χ1v) is 18.5. The molecule has 1 aromatic carbocycles. The van der Waals surface area contributed by atoms with E-state index in [0.29, 0.717) is 40.2 Å². The van der Waals surface area contributed by atoms with Crippen molar-refractivity contribution in [3.63, 3.8) is 0 Å². The molecule has 0 radical (unpaired) electrons. The number of aliphatic carboxylic acids is 1. The number of piperidine rings is 1. The number of carboxylic acid groups (broad SMARTS) is 1. The third-order valence-corrected chi connectivity index (χ3v) is 11.7. The molecule has 3 N–H and O–H groups in total. The Bertz CT molecular complexity index is 1870. The largest absolute Gasteiger partial charge is 0.507 e. The number of anilines is 4. The number of hydrogen-bond acceptors (Lipinski definition) is 13. The molecule has 3 aliphatic heterocycles. The lowest BCUT2D eigenvalue weighted by atomic mass is 9.60. The van der Waals surface area contributed by atoms with E-state index in [1.54, 1.807) is 12.1 Å². The van der Waals surface area contributed by atoms with Gasteiger partial charge < -0.3 is 39.7 Å². The molecule has 6 heterocycles. The molecule has 1 spiro atoms. The lowest BCUT2D eigenvalue weighted by Crippen LogP contribution is -2.67. The Hall–Kier alpha value is -4.98. The topological polar surface area (TPSA) is 160 Å². The molecule has 3 saturated heterocycles. The fraction of sp³-hybridized carbons (Fsp3) is 0.526. The Kier molecular flexibility index (Phi) is 9.10. The van der Waals surface area contributed by atoms with Crippen LogP contribution in [0, 0.1) is 11.3 Å².